The maximum absolute atomic E-state index is 13.6. The van der Waals surface area contributed by atoms with Gasteiger partial charge in [0, 0.05) is 4.90 Å². The summed E-state index contributed by atoms with van der Waals surface area (Å²) < 4.78 is 30.4. The van der Waals surface area contributed by atoms with Gasteiger partial charge in [-0.15, -0.1) is 0 Å². The smallest absolute Gasteiger partial charge is 0.338 e. The van der Waals surface area contributed by atoms with Crippen LogP contribution in [-0.2, 0) is 23.7 Å². The van der Waals surface area contributed by atoms with Gasteiger partial charge in [0.05, 0.1) is 22.3 Å². The van der Waals surface area contributed by atoms with Crippen LogP contribution >= 0.6 is 11.8 Å². The first-order valence-corrected chi connectivity index (χ1v) is 16.7. The number of thioether (sulfide) groups is 1. The van der Waals surface area contributed by atoms with Crippen molar-refractivity contribution in [1.29, 1.82) is 0 Å². The molecule has 0 bridgehead atoms. The third-order valence-electron chi connectivity index (χ3n) is 7.73. The zero-order valence-electron chi connectivity index (χ0n) is 26.6. The van der Waals surface area contributed by atoms with Crippen molar-refractivity contribution in [2.75, 3.05) is 6.61 Å². The summed E-state index contributed by atoms with van der Waals surface area (Å²) >= 11 is 1.24. The highest BCUT2D eigenvalue weighted by Gasteiger charge is 2.54. The molecule has 252 valence electrons. The first-order valence-electron chi connectivity index (χ1n) is 15.8. The van der Waals surface area contributed by atoms with Gasteiger partial charge in [-0.3, -0.25) is 0 Å². The van der Waals surface area contributed by atoms with E-state index in [-0.39, 0.29) is 22.3 Å². The largest absolute Gasteiger partial charge is 0.458 e. The number of esters is 4. The van der Waals surface area contributed by atoms with Crippen molar-refractivity contribution < 1.29 is 42.9 Å². The van der Waals surface area contributed by atoms with Gasteiger partial charge >= 0.3 is 23.9 Å². The third kappa shape index (κ3) is 8.65. The van der Waals surface area contributed by atoms with E-state index in [1.807, 2.05) is 30.3 Å². The van der Waals surface area contributed by atoms with Crippen LogP contribution in [0.5, 0.6) is 0 Å². The van der Waals surface area contributed by atoms with E-state index in [2.05, 4.69) is 0 Å². The van der Waals surface area contributed by atoms with Gasteiger partial charge < -0.3 is 23.7 Å². The van der Waals surface area contributed by atoms with Crippen LogP contribution in [0.2, 0.25) is 0 Å². The lowest BCUT2D eigenvalue weighted by Gasteiger charge is -2.28. The van der Waals surface area contributed by atoms with Crippen LogP contribution in [-0.4, -0.2) is 60.3 Å². The highest BCUT2D eigenvalue weighted by atomic mass is 32.2. The molecule has 1 heterocycles. The van der Waals surface area contributed by atoms with E-state index in [1.165, 1.54) is 11.8 Å². The number of hydrogen-bond donors (Lipinski definition) is 0. The molecule has 1 aliphatic rings. The van der Waals surface area contributed by atoms with Gasteiger partial charge in [-0.1, -0.05) is 103 Å². The van der Waals surface area contributed by atoms with Crippen LogP contribution in [0.1, 0.15) is 41.4 Å². The summed E-state index contributed by atoms with van der Waals surface area (Å²) in [6.07, 6.45) is -5.04. The van der Waals surface area contributed by atoms with E-state index in [0.29, 0.717) is 0 Å². The standard InChI is InChI=1S/C40H32O9S/c41-36(27-16-6-1-7-17-27)45-26-32(46-37(42)28-18-8-2-9-19-28)33-34(47-38(43)29-20-10-3-11-21-29)35(48-39(44)30-22-12-4-13-23-30)40(49-33)50-31-24-14-5-15-25-31/h1-25,32-35,40H,26H2/t32-,33+,34+,35-,40+/m1/s1. The number of carbonyl (C=O) groups is 4. The normalized spacial score (nSPS) is 18.7. The van der Waals surface area contributed by atoms with E-state index in [0.717, 1.165) is 4.90 Å². The molecule has 9 nitrogen and oxygen atoms in total. The zero-order chi connectivity index (χ0) is 34.7. The van der Waals surface area contributed by atoms with Gasteiger partial charge in [0.25, 0.3) is 0 Å². The SMILES string of the molecule is O=C(OC[C@@H](OC(=O)c1ccccc1)[C@@H]1O[C@@H](Sc2ccccc2)[C@H](OC(=O)c2ccccc2)[C@H]1OC(=O)c1ccccc1)c1ccccc1. The van der Waals surface area contributed by atoms with Crippen molar-refractivity contribution in [2.24, 2.45) is 0 Å². The van der Waals surface area contributed by atoms with Gasteiger partial charge in [-0.25, -0.2) is 19.2 Å². The maximum atomic E-state index is 13.6. The molecule has 0 spiro atoms. The van der Waals surface area contributed by atoms with Gasteiger partial charge in [-0.2, -0.15) is 0 Å². The van der Waals surface area contributed by atoms with Crippen molar-refractivity contribution >= 4 is 35.6 Å². The van der Waals surface area contributed by atoms with Crippen LogP contribution in [0.15, 0.2) is 157 Å². The monoisotopic (exact) mass is 688 g/mol. The van der Waals surface area contributed by atoms with E-state index >= 15 is 0 Å². The molecular formula is C40H32O9S. The molecule has 50 heavy (non-hydrogen) atoms. The molecule has 0 saturated carbocycles. The average molecular weight is 689 g/mol. The molecule has 6 rings (SSSR count). The molecule has 1 saturated heterocycles. The Morgan fingerprint density at radius 2 is 0.920 bits per heavy atom. The van der Waals surface area contributed by atoms with E-state index < -0.39 is 60.3 Å². The molecule has 10 heteroatoms. The summed E-state index contributed by atoms with van der Waals surface area (Å²) in [5.74, 6) is -2.78. The Balaban J connectivity index is 1.38. The Hall–Kier alpha value is -5.71. The Morgan fingerprint density at radius 1 is 0.520 bits per heavy atom. The minimum Gasteiger partial charge on any atom is -0.458 e. The lowest BCUT2D eigenvalue weighted by atomic mass is 10.1. The van der Waals surface area contributed by atoms with Crippen LogP contribution in [0.4, 0.5) is 0 Å². The summed E-state index contributed by atoms with van der Waals surface area (Å²) in [5.41, 5.74) is 0.104. The highest BCUT2D eigenvalue weighted by molar-refractivity contribution is 7.99. The van der Waals surface area contributed by atoms with Gasteiger partial charge in [0.2, 0.25) is 0 Å². The van der Waals surface area contributed by atoms with Crippen molar-refractivity contribution in [3.8, 4) is 0 Å². The predicted octanol–water partition coefficient (Wildman–Crippen LogP) is 7.04. The molecule has 0 N–H and O–H groups in total. The van der Waals surface area contributed by atoms with Crippen LogP contribution < -0.4 is 0 Å². The van der Waals surface area contributed by atoms with E-state index in [4.69, 9.17) is 23.7 Å². The molecule has 0 unspecified atom stereocenters. The summed E-state index contributed by atoms with van der Waals surface area (Å²) in [4.78, 5) is 54.5. The molecule has 5 atom stereocenters. The molecule has 0 amide bonds. The van der Waals surface area contributed by atoms with Gasteiger partial charge in [0.15, 0.2) is 18.3 Å². The molecule has 0 radical (unpaired) electrons. The fourth-order valence-corrected chi connectivity index (χ4v) is 6.37. The summed E-state index contributed by atoms with van der Waals surface area (Å²) in [7, 11) is 0. The second kappa shape index (κ2) is 16.6. The lowest BCUT2D eigenvalue weighted by Crippen LogP contribution is -2.47. The molecule has 0 aliphatic carbocycles. The first kappa shape index (κ1) is 34.2. The Labute approximate surface area is 293 Å². The first-order chi connectivity index (χ1) is 24.5. The molecule has 1 fully saturated rings. The molecule has 0 aromatic heterocycles. The quantitative estimate of drug-likeness (QED) is 0.0999. The zero-order valence-corrected chi connectivity index (χ0v) is 27.4. The summed E-state index contributed by atoms with van der Waals surface area (Å²) in [6.45, 7) is -0.460. The van der Waals surface area contributed by atoms with Crippen molar-refractivity contribution in [3.05, 3.63) is 174 Å². The number of carbonyl (C=O) groups excluding carboxylic acids is 4. The van der Waals surface area contributed by atoms with Crippen LogP contribution in [0, 0.1) is 0 Å². The number of rotatable bonds is 12. The fourth-order valence-electron chi connectivity index (χ4n) is 5.26. The second-order valence-electron chi connectivity index (χ2n) is 11.1. The molecule has 5 aromatic rings. The van der Waals surface area contributed by atoms with E-state index in [1.54, 1.807) is 121 Å². The van der Waals surface area contributed by atoms with Gasteiger partial charge in [0.1, 0.15) is 18.1 Å². The Bertz CT molecular complexity index is 1870. The fraction of sp³-hybridized carbons (Fsp3) is 0.150. The Morgan fingerprint density at radius 3 is 1.40 bits per heavy atom. The lowest BCUT2D eigenvalue weighted by molar-refractivity contribution is -0.0899. The number of benzene rings is 5. The number of hydrogen-bond acceptors (Lipinski definition) is 10. The second-order valence-corrected chi connectivity index (χ2v) is 12.3. The van der Waals surface area contributed by atoms with Crippen molar-refractivity contribution in [3.63, 3.8) is 0 Å². The maximum Gasteiger partial charge on any atom is 0.338 e. The van der Waals surface area contributed by atoms with Crippen LogP contribution in [0.3, 0.4) is 0 Å². The third-order valence-corrected chi connectivity index (χ3v) is 8.89. The van der Waals surface area contributed by atoms with Gasteiger partial charge in [-0.05, 0) is 60.7 Å². The molecule has 1 aliphatic heterocycles. The minimum atomic E-state index is -1.31. The van der Waals surface area contributed by atoms with Crippen molar-refractivity contribution in [1.82, 2.24) is 0 Å². The highest BCUT2D eigenvalue weighted by Crippen LogP contribution is 2.40. The van der Waals surface area contributed by atoms with E-state index in [9.17, 15) is 19.2 Å². The summed E-state index contributed by atoms with van der Waals surface area (Å²) in [5, 5.41) is 0. The average Bonchev–Trinajstić information content (AvgIpc) is 3.49. The Kier molecular flexibility index (Phi) is 11.3. The number of ether oxygens (including phenoxy) is 5. The summed E-state index contributed by atoms with van der Waals surface area (Å²) in [6, 6.07) is 42.6. The minimum absolute atomic E-state index is 0.241. The predicted molar refractivity (Wildman–Crippen MR) is 185 cm³/mol. The topological polar surface area (TPSA) is 114 Å². The van der Waals surface area contributed by atoms with Crippen LogP contribution in [0.25, 0.3) is 0 Å². The molecular weight excluding hydrogens is 656 g/mol. The van der Waals surface area contributed by atoms with Crippen molar-refractivity contribution in [2.45, 2.75) is 34.7 Å². The molecule has 5 aromatic carbocycles.